The lowest BCUT2D eigenvalue weighted by Crippen LogP contribution is -2.61. The zero-order valence-electron chi connectivity index (χ0n) is 35.2. The van der Waals surface area contributed by atoms with Crippen molar-refractivity contribution in [2.24, 2.45) is 11.8 Å². The molecule has 3 aliphatic heterocycles. The fraction of sp³-hybridized carbons (Fsp3) is 0.306. The van der Waals surface area contributed by atoms with E-state index in [2.05, 4.69) is 0 Å². The first-order valence-corrected chi connectivity index (χ1v) is 20.7. The number of hydrogen-bond donors (Lipinski definition) is 0. The summed E-state index contributed by atoms with van der Waals surface area (Å²) < 4.78 is 66.8. The molecule has 0 bridgehead atoms. The normalized spacial score (nSPS) is 25.2. The third-order valence-corrected chi connectivity index (χ3v) is 11.9. The molecule has 0 radical (unpaired) electrons. The standard InChI is InChI=1S/C49H44O15/c1-26-40(61-45(50)27-14-8-5-9-15-27)43(62-46(51)28-16-10-6-11-17-28)44(63-47(52)29-18-12-7-13-19-29)49(60-26)64-41-32-23-35-34(58-25-59-35)22-31(32)38(39-33(41)24-57-48(39)53)30-20-36(54-2)42(56-4)37(21-30)55-3/h5-23,26,33,38-41,43-44,49H,24-25H2,1-4H3/t26-,33-,38+,39-,40-,41-,43+,44+,49-/m0/s1. The third kappa shape index (κ3) is 7.92. The van der Waals surface area contributed by atoms with Crippen molar-refractivity contribution in [2.45, 2.75) is 49.7 Å². The molecule has 3 heterocycles. The van der Waals surface area contributed by atoms with Crippen LogP contribution in [0.4, 0.5) is 0 Å². The Labute approximate surface area is 367 Å². The van der Waals surface area contributed by atoms with Crippen molar-refractivity contribution in [3.8, 4) is 28.7 Å². The van der Waals surface area contributed by atoms with E-state index in [0.29, 0.717) is 45.4 Å². The minimum atomic E-state index is -1.55. The lowest BCUT2D eigenvalue weighted by Gasteiger charge is -2.46. The summed E-state index contributed by atoms with van der Waals surface area (Å²) in [6, 6.07) is 31.9. The van der Waals surface area contributed by atoms with Gasteiger partial charge in [-0.15, -0.1) is 0 Å². The van der Waals surface area contributed by atoms with Crippen molar-refractivity contribution >= 4 is 23.9 Å². The second kappa shape index (κ2) is 17.9. The van der Waals surface area contributed by atoms with Crippen LogP contribution < -0.4 is 23.7 Å². The highest BCUT2D eigenvalue weighted by molar-refractivity contribution is 5.91. The number of rotatable bonds is 12. The maximum atomic E-state index is 14.1. The van der Waals surface area contributed by atoms with E-state index in [9.17, 15) is 19.2 Å². The van der Waals surface area contributed by atoms with Crippen LogP contribution >= 0.6 is 0 Å². The molecular formula is C49H44O15. The largest absolute Gasteiger partial charge is 0.493 e. The molecular weight excluding hydrogens is 829 g/mol. The number of cyclic esters (lactones) is 1. The lowest BCUT2D eigenvalue weighted by atomic mass is 9.66. The van der Waals surface area contributed by atoms with Gasteiger partial charge in [0.25, 0.3) is 0 Å². The fourth-order valence-electron chi connectivity index (χ4n) is 8.91. The van der Waals surface area contributed by atoms with Crippen molar-refractivity contribution in [3.63, 3.8) is 0 Å². The molecule has 15 nitrogen and oxygen atoms in total. The Morgan fingerprint density at radius 3 is 1.61 bits per heavy atom. The molecule has 4 aliphatic rings. The highest BCUT2D eigenvalue weighted by Gasteiger charge is 2.57. The zero-order valence-corrected chi connectivity index (χ0v) is 35.2. The topological polar surface area (TPSA) is 170 Å². The monoisotopic (exact) mass is 872 g/mol. The molecule has 5 aromatic carbocycles. The van der Waals surface area contributed by atoms with Crippen LogP contribution in [-0.4, -0.2) is 89.3 Å². The molecule has 0 unspecified atom stereocenters. The van der Waals surface area contributed by atoms with Crippen LogP contribution in [-0.2, 0) is 33.2 Å². The average molecular weight is 873 g/mol. The predicted molar refractivity (Wildman–Crippen MR) is 224 cm³/mol. The maximum Gasteiger partial charge on any atom is 0.338 e. The molecule has 0 spiro atoms. The van der Waals surface area contributed by atoms with E-state index < -0.39 is 78.4 Å². The van der Waals surface area contributed by atoms with Crippen LogP contribution in [0.5, 0.6) is 28.7 Å². The second-order valence-corrected chi connectivity index (χ2v) is 15.6. The predicted octanol–water partition coefficient (Wildman–Crippen LogP) is 6.86. The van der Waals surface area contributed by atoms with Gasteiger partial charge in [-0.3, -0.25) is 4.79 Å². The smallest absolute Gasteiger partial charge is 0.338 e. The first kappa shape index (κ1) is 42.2. The summed E-state index contributed by atoms with van der Waals surface area (Å²) in [5.41, 5.74) is 2.52. The molecule has 64 heavy (non-hydrogen) atoms. The SMILES string of the molecule is COc1cc([C@@H]2c3cc4c(cc3[C@H](O[C@@H]3O[C@@H](C)[C@H](OC(=O)c5ccccc5)[C@@H](OC(=O)c5ccccc5)[C@H]3OC(=O)c3ccccc3)[C@H]3COC(=O)[C@H]23)OCO4)cc(OC)c1OC. The minimum Gasteiger partial charge on any atom is -0.493 e. The van der Waals surface area contributed by atoms with Gasteiger partial charge in [0.2, 0.25) is 12.5 Å². The molecule has 15 heteroatoms. The van der Waals surface area contributed by atoms with Gasteiger partial charge in [-0.2, -0.15) is 0 Å². The van der Waals surface area contributed by atoms with Gasteiger partial charge in [-0.05, 0) is 84.3 Å². The van der Waals surface area contributed by atoms with Gasteiger partial charge in [0.1, 0.15) is 0 Å². The van der Waals surface area contributed by atoms with Crippen molar-refractivity contribution in [2.75, 3.05) is 34.7 Å². The first-order valence-electron chi connectivity index (χ1n) is 20.7. The van der Waals surface area contributed by atoms with E-state index in [1.165, 1.54) is 21.3 Å². The molecule has 5 aromatic rings. The molecule has 9 atom stereocenters. The Morgan fingerprint density at radius 1 is 0.594 bits per heavy atom. The van der Waals surface area contributed by atoms with Gasteiger partial charge < -0.3 is 52.1 Å². The van der Waals surface area contributed by atoms with Crippen LogP contribution in [0.3, 0.4) is 0 Å². The van der Waals surface area contributed by atoms with Gasteiger partial charge in [0.05, 0.1) is 62.8 Å². The molecule has 0 N–H and O–H groups in total. The van der Waals surface area contributed by atoms with Crippen LogP contribution in [0, 0.1) is 11.8 Å². The zero-order chi connectivity index (χ0) is 44.5. The van der Waals surface area contributed by atoms with Gasteiger partial charge in [-0.1, -0.05) is 54.6 Å². The van der Waals surface area contributed by atoms with Crippen LogP contribution in [0.25, 0.3) is 0 Å². The van der Waals surface area contributed by atoms with Gasteiger partial charge in [-0.25, -0.2) is 14.4 Å². The van der Waals surface area contributed by atoms with Gasteiger partial charge in [0.15, 0.2) is 47.6 Å². The number of carbonyl (C=O) groups excluding carboxylic acids is 4. The molecule has 2 saturated heterocycles. The number of ether oxygens (including phenoxy) is 11. The van der Waals surface area contributed by atoms with E-state index in [1.54, 1.807) is 116 Å². The summed E-state index contributed by atoms with van der Waals surface area (Å²) in [4.78, 5) is 55.8. The van der Waals surface area contributed by atoms with E-state index in [-0.39, 0.29) is 30.1 Å². The Kier molecular flexibility index (Phi) is 11.8. The summed E-state index contributed by atoms with van der Waals surface area (Å²) in [6.45, 7) is 1.55. The highest BCUT2D eigenvalue weighted by atomic mass is 16.7. The summed E-state index contributed by atoms with van der Waals surface area (Å²) >= 11 is 0. The number of hydrogen-bond acceptors (Lipinski definition) is 15. The first-order chi connectivity index (χ1) is 31.2. The van der Waals surface area contributed by atoms with Crippen LogP contribution in [0.1, 0.15) is 66.7 Å². The molecule has 0 aromatic heterocycles. The summed E-state index contributed by atoms with van der Waals surface area (Å²) in [7, 11) is 4.52. The van der Waals surface area contributed by atoms with Crippen molar-refractivity contribution in [3.05, 3.63) is 149 Å². The molecule has 0 amide bonds. The summed E-state index contributed by atoms with van der Waals surface area (Å²) in [5, 5.41) is 0. The molecule has 0 saturated carbocycles. The fourth-order valence-corrected chi connectivity index (χ4v) is 8.91. The number of fused-ring (bicyclic) bond motifs is 3. The van der Waals surface area contributed by atoms with Crippen molar-refractivity contribution < 1.29 is 71.3 Å². The van der Waals surface area contributed by atoms with E-state index in [1.807, 2.05) is 6.07 Å². The van der Waals surface area contributed by atoms with Gasteiger partial charge >= 0.3 is 23.9 Å². The Balaban J connectivity index is 1.16. The lowest BCUT2D eigenvalue weighted by molar-refractivity contribution is -0.308. The summed E-state index contributed by atoms with van der Waals surface area (Å²) in [5.74, 6) is -2.89. The molecule has 330 valence electrons. The number of esters is 4. The molecule has 9 rings (SSSR count). The van der Waals surface area contributed by atoms with Crippen LogP contribution in [0.2, 0.25) is 0 Å². The third-order valence-electron chi connectivity index (χ3n) is 11.9. The average Bonchev–Trinajstić information content (AvgIpc) is 3.96. The minimum absolute atomic E-state index is 0.0359. The Hall–Kier alpha value is -7.10. The number of carbonyl (C=O) groups is 4. The highest BCUT2D eigenvalue weighted by Crippen LogP contribution is 2.57. The number of benzene rings is 5. The summed E-state index contributed by atoms with van der Waals surface area (Å²) in [6.07, 6.45) is -7.82. The van der Waals surface area contributed by atoms with E-state index in [0.717, 1.165) is 0 Å². The van der Waals surface area contributed by atoms with Crippen LogP contribution in [0.15, 0.2) is 115 Å². The maximum absolute atomic E-state index is 14.1. The Morgan fingerprint density at radius 2 is 1.09 bits per heavy atom. The molecule has 2 fully saturated rings. The molecule has 1 aliphatic carbocycles. The quantitative estimate of drug-likeness (QED) is 0.0941. The van der Waals surface area contributed by atoms with Crippen molar-refractivity contribution in [1.82, 2.24) is 0 Å². The van der Waals surface area contributed by atoms with Gasteiger partial charge in [0, 0.05) is 11.8 Å². The van der Waals surface area contributed by atoms with E-state index in [4.69, 9.17) is 52.1 Å². The second-order valence-electron chi connectivity index (χ2n) is 15.6. The van der Waals surface area contributed by atoms with E-state index >= 15 is 0 Å². The Bertz CT molecular complexity index is 2510. The number of methoxy groups -OCH3 is 3. The van der Waals surface area contributed by atoms with Crippen molar-refractivity contribution in [1.29, 1.82) is 0 Å².